The fourth-order valence-corrected chi connectivity index (χ4v) is 14.6. The van der Waals surface area contributed by atoms with Crippen molar-refractivity contribution < 1.29 is 79.4 Å². The Labute approximate surface area is 434 Å². The molecule has 0 radical (unpaired) electrons. The van der Waals surface area contributed by atoms with Gasteiger partial charge in [0.15, 0.2) is 52.6 Å². The smallest absolute Gasteiger partial charge is 0.344 e. The molecule has 0 aromatic heterocycles. The minimum absolute atomic E-state index is 0.306. The van der Waals surface area contributed by atoms with Crippen molar-refractivity contribution in [1.82, 2.24) is 8.61 Å². The summed E-state index contributed by atoms with van der Waals surface area (Å²) in [7, 11) is -21.5. The number of carboxylic acids is 1. The third-order valence-electron chi connectivity index (χ3n) is 12.1. The van der Waals surface area contributed by atoms with Gasteiger partial charge in [-0.3, -0.25) is 0 Å². The summed E-state index contributed by atoms with van der Waals surface area (Å²) in [6.07, 6.45) is 8.46. The number of aliphatic carboxylic acids is 1. The molecule has 0 fully saturated rings. The molecule has 0 saturated heterocycles. The van der Waals surface area contributed by atoms with Gasteiger partial charge in [0, 0.05) is 39.1 Å². The number of nitrogens with zero attached hydrogens (tertiary/aromatic N) is 2. The van der Waals surface area contributed by atoms with Crippen LogP contribution in [0.2, 0.25) is 0 Å². The Morgan fingerprint density at radius 1 is 0.527 bits per heavy atom. The maximum Gasteiger partial charge on any atom is 0.344 e. The minimum atomic E-state index is -4.33. The van der Waals surface area contributed by atoms with Crippen LogP contribution < -0.4 is 9.47 Å². The Bertz CT molecular complexity index is 3400. The van der Waals surface area contributed by atoms with E-state index in [1.165, 1.54) is 14.1 Å². The molecule has 2 atom stereocenters. The van der Waals surface area contributed by atoms with E-state index in [2.05, 4.69) is 0 Å². The van der Waals surface area contributed by atoms with Gasteiger partial charge >= 0.3 is 11.9 Å². The molecule has 6 rings (SSSR count). The van der Waals surface area contributed by atoms with Gasteiger partial charge in [0.05, 0.1) is 41.5 Å². The largest absolute Gasteiger partial charge is 0.482 e. The van der Waals surface area contributed by atoms with E-state index in [-0.39, 0.29) is 6.61 Å². The van der Waals surface area contributed by atoms with E-state index in [1.54, 1.807) is 57.2 Å². The highest BCUT2D eigenvalue weighted by molar-refractivity contribution is 7.92. The number of carbonyl (C=O) groups is 2. The summed E-state index contributed by atoms with van der Waals surface area (Å²) in [5.41, 5.74) is 2.16. The van der Waals surface area contributed by atoms with Gasteiger partial charge in [-0.15, -0.1) is 0 Å². The number of esters is 1. The highest BCUT2D eigenvalue weighted by Gasteiger charge is 2.36. The molecule has 74 heavy (non-hydrogen) atoms. The molecule has 26 heteroatoms. The van der Waals surface area contributed by atoms with Crippen LogP contribution in [0, 0.1) is 0 Å². The molecule has 0 bridgehead atoms. The van der Waals surface area contributed by atoms with Gasteiger partial charge in [0.25, 0.3) is 0 Å². The average Bonchev–Trinajstić information content (AvgIpc) is 3.65. The number of carboxylic acid groups (broad SMARTS) is 1. The van der Waals surface area contributed by atoms with Crippen molar-refractivity contribution in [2.24, 2.45) is 0 Å². The van der Waals surface area contributed by atoms with Crippen LogP contribution in [0.1, 0.15) is 93.6 Å². The second-order valence-electron chi connectivity index (χ2n) is 19.1. The summed E-state index contributed by atoms with van der Waals surface area (Å²) < 4.78 is 171. The van der Waals surface area contributed by atoms with Gasteiger partial charge in [-0.05, 0) is 130 Å². The number of sulfone groups is 4. The van der Waals surface area contributed by atoms with Crippen LogP contribution in [0.5, 0.6) is 11.5 Å². The first kappa shape index (κ1) is 59.9. The van der Waals surface area contributed by atoms with Crippen molar-refractivity contribution in [2.75, 3.05) is 52.3 Å². The number of sulfonamides is 2. The topological polar surface area (TPSA) is 293 Å². The maximum absolute atomic E-state index is 13.8. The molecule has 20 nitrogen and oxygen atoms in total. The summed E-state index contributed by atoms with van der Waals surface area (Å²) >= 11 is 0. The number of benzene rings is 4. The van der Waals surface area contributed by atoms with Crippen LogP contribution >= 0.6 is 0 Å². The monoisotopic (exact) mass is 1150 g/mol. The Morgan fingerprint density at radius 3 is 1.16 bits per heavy atom. The van der Waals surface area contributed by atoms with Crippen LogP contribution in [0.25, 0.3) is 0 Å². The lowest BCUT2D eigenvalue weighted by Crippen LogP contribution is -2.32. The molecule has 0 amide bonds. The van der Waals surface area contributed by atoms with Crippen molar-refractivity contribution in [3.63, 3.8) is 0 Å². The van der Waals surface area contributed by atoms with Crippen LogP contribution in [-0.4, -0.2) is 134 Å². The summed E-state index contributed by atoms with van der Waals surface area (Å²) in [6, 6.07) is 14.7. The van der Waals surface area contributed by atoms with Gasteiger partial charge in [-0.2, -0.15) is 8.61 Å². The summed E-state index contributed by atoms with van der Waals surface area (Å²) in [5, 5.41) is 8.97. The van der Waals surface area contributed by atoms with Gasteiger partial charge in [-0.25, -0.2) is 60.1 Å². The fraction of sp³-hybridized carbons (Fsp3) is 0.458. The van der Waals surface area contributed by atoms with Crippen molar-refractivity contribution in [3.8, 4) is 11.5 Å². The molecule has 408 valence electrons. The Balaban J connectivity index is 0.000000276. The van der Waals surface area contributed by atoms with E-state index in [0.717, 1.165) is 88.4 Å². The molecule has 1 N–H and O–H groups in total. The lowest BCUT2D eigenvalue weighted by molar-refractivity contribution is -0.157. The van der Waals surface area contributed by atoms with Crippen LogP contribution in [-0.2, 0) is 86.6 Å². The summed E-state index contributed by atoms with van der Waals surface area (Å²) in [6.45, 7) is 4.42. The standard InChI is InChI=1S/C26H35NO9S3.C22H27NO9S3/c1-26(2,3)36-25(28)17-35-24-13-9-11-21-22(24)10-7-8-12-23(21)27(4)39(33,34)20-15-18(37(5,29)30)14-19(16-20)38(6,31)32;1-23(20-9-5-4-7-19-18(20)8-6-10-21(19)32-14-22(24)25)35(30,31)17-12-15(33(2,26)27)11-16(13-17)34(3,28)29/h9,11,13-16,23H,7-8,10,12,17H2,1-6H3;6,8,10-13,20H,4-5,7,9,14H2,1-3H3,(H,24,25). The first-order valence-corrected chi connectivity index (χ1v) is 33.4. The van der Waals surface area contributed by atoms with Crippen LogP contribution in [0.3, 0.4) is 0 Å². The van der Waals surface area contributed by atoms with Crippen molar-refractivity contribution in [3.05, 3.63) is 95.1 Å². The second-order valence-corrected chi connectivity index (χ2v) is 31.2. The van der Waals surface area contributed by atoms with E-state index < -0.39 is 125 Å². The molecular weight excluding hydrogens is 1080 g/mol. The SMILES string of the molecule is CN(C1CCCCc2c(OCC(=O)O)cccc21)S(=O)(=O)c1cc(S(C)(=O)=O)cc(S(C)(=O)=O)c1.CN(C1CCCCc2c(OCC(=O)OC(C)(C)C)cccc21)S(=O)(=O)c1cc(S(C)(=O)=O)cc(S(C)(=O)=O)c1. The van der Waals surface area contributed by atoms with E-state index in [4.69, 9.17) is 19.3 Å². The highest BCUT2D eigenvalue weighted by Crippen LogP contribution is 2.41. The van der Waals surface area contributed by atoms with Crippen LogP contribution in [0.15, 0.2) is 102 Å². The van der Waals surface area contributed by atoms with Gasteiger partial charge < -0.3 is 19.3 Å². The first-order chi connectivity index (χ1) is 33.9. The molecule has 0 heterocycles. The second kappa shape index (κ2) is 22.7. The lowest BCUT2D eigenvalue weighted by Gasteiger charge is -2.29. The maximum atomic E-state index is 13.8. The minimum Gasteiger partial charge on any atom is -0.482 e. The molecule has 2 aliphatic rings. The first-order valence-electron chi connectivity index (χ1n) is 22.9. The number of carbonyl (C=O) groups excluding carboxylic acids is 1. The zero-order valence-corrected chi connectivity index (χ0v) is 47.3. The number of hydrogen-bond acceptors (Lipinski definition) is 17. The van der Waals surface area contributed by atoms with Crippen LogP contribution in [0.4, 0.5) is 0 Å². The van der Waals surface area contributed by atoms with Crippen molar-refractivity contribution in [1.29, 1.82) is 0 Å². The van der Waals surface area contributed by atoms with Crippen molar-refractivity contribution in [2.45, 2.75) is 119 Å². The predicted molar refractivity (Wildman–Crippen MR) is 273 cm³/mol. The molecular formula is C48H62N2O18S6. The highest BCUT2D eigenvalue weighted by atomic mass is 32.2. The van der Waals surface area contributed by atoms with Crippen molar-refractivity contribution >= 4 is 71.3 Å². The third kappa shape index (κ3) is 14.9. The average molecular weight is 1150 g/mol. The van der Waals surface area contributed by atoms with E-state index >= 15 is 0 Å². The lowest BCUT2D eigenvalue weighted by atomic mass is 9.98. The van der Waals surface area contributed by atoms with E-state index in [1.807, 2.05) is 0 Å². The summed E-state index contributed by atoms with van der Waals surface area (Å²) in [5.74, 6) is -0.854. The quantitative estimate of drug-likeness (QED) is 0.109. The van der Waals surface area contributed by atoms with Gasteiger partial charge in [0.2, 0.25) is 20.0 Å². The van der Waals surface area contributed by atoms with E-state index in [0.29, 0.717) is 66.7 Å². The molecule has 0 aliphatic heterocycles. The number of ether oxygens (including phenoxy) is 3. The molecule has 4 aromatic carbocycles. The Hall–Kier alpha value is -4.96. The Morgan fingerprint density at radius 2 is 0.851 bits per heavy atom. The molecule has 0 saturated carbocycles. The van der Waals surface area contributed by atoms with E-state index in [9.17, 15) is 60.1 Å². The number of hydrogen-bond donors (Lipinski definition) is 1. The molecule has 0 spiro atoms. The third-order valence-corrected chi connectivity index (χ3v) is 20.2. The Kier molecular flexibility index (Phi) is 18.4. The molecule has 4 aromatic rings. The molecule has 2 aliphatic carbocycles. The van der Waals surface area contributed by atoms with Gasteiger partial charge in [0.1, 0.15) is 17.1 Å². The number of fused-ring (bicyclic) bond motifs is 2. The predicted octanol–water partition coefficient (Wildman–Crippen LogP) is 5.35. The zero-order chi connectivity index (χ0) is 55.6. The zero-order valence-electron chi connectivity index (χ0n) is 42.4. The normalized spacial score (nSPS) is 16.9. The molecule has 2 unspecified atom stereocenters. The number of rotatable bonds is 16. The summed E-state index contributed by atoms with van der Waals surface area (Å²) in [4.78, 5) is 20.6. The fourth-order valence-electron chi connectivity index (χ4n) is 8.50. The van der Waals surface area contributed by atoms with Gasteiger partial charge in [-0.1, -0.05) is 37.1 Å².